The number of hydrogen-bond acceptors (Lipinski definition) is 2. The van der Waals surface area contributed by atoms with E-state index in [1.165, 1.54) is 0 Å². The van der Waals surface area contributed by atoms with Gasteiger partial charge in [0.25, 0.3) is 0 Å². The maximum Gasteiger partial charge on any atom is 0.485 e. The lowest BCUT2D eigenvalue weighted by Crippen LogP contribution is -2.40. The van der Waals surface area contributed by atoms with Gasteiger partial charge in [0.15, 0.2) is 6.04 Å². The topological polar surface area (TPSA) is 15.6 Å². The van der Waals surface area contributed by atoms with Gasteiger partial charge in [-0.25, -0.2) is 0 Å². The van der Waals surface area contributed by atoms with Gasteiger partial charge in [-0.15, -0.1) is 0 Å². The van der Waals surface area contributed by atoms with E-state index in [1.807, 2.05) is 0 Å². The average Bonchev–Trinajstić information content (AvgIpc) is 2.28. The van der Waals surface area contributed by atoms with E-state index in [1.54, 1.807) is 0 Å². The van der Waals surface area contributed by atoms with Crippen LogP contribution in [0.15, 0.2) is 4.99 Å². The standard InChI is InChI=1S/C5H4F6N2/c6-4(7,8)3-1-13(2-12-3)5(9,10)11/h2-3H,1H2. The zero-order valence-electron chi connectivity index (χ0n) is 6.02. The highest BCUT2D eigenvalue weighted by Gasteiger charge is 2.48. The van der Waals surface area contributed by atoms with Crippen LogP contribution in [0.1, 0.15) is 0 Å². The Labute approximate surface area is 68.8 Å². The van der Waals surface area contributed by atoms with Crippen LogP contribution in [0.3, 0.4) is 0 Å². The van der Waals surface area contributed by atoms with Gasteiger partial charge in [-0.2, -0.15) is 26.3 Å². The van der Waals surface area contributed by atoms with Crippen LogP contribution < -0.4 is 0 Å². The number of alkyl halides is 6. The quantitative estimate of drug-likeness (QED) is 0.435. The Bertz CT molecular complexity index is 194. The van der Waals surface area contributed by atoms with Gasteiger partial charge in [-0.05, 0) is 0 Å². The van der Waals surface area contributed by atoms with E-state index >= 15 is 0 Å². The molecule has 2 nitrogen and oxygen atoms in total. The van der Waals surface area contributed by atoms with Crippen molar-refractivity contribution in [1.29, 1.82) is 0 Å². The Balaban J connectivity index is 2.63. The summed E-state index contributed by atoms with van der Waals surface area (Å²) in [6, 6.07) is -2.27. The van der Waals surface area contributed by atoms with Crippen molar-refractivity contribution in [2.75, 3.05) is 6.54 Å². The fraction of sp³-hybridized carbons (Fsp3) is 0.800. The summed E-state index contributed by atoms with van der Waals surface area (Å²) in [6.07, 6.45) is -9.34. The van der Waals surface area contributed by atoms with Crippen LogP contribution in [0.25, 0.3) is 0 Å². The van der Waals surface area contributed by atoms with E-state index in [0.717, 1.165) is 0 Å². The van der Waals surface area contributed by atoms with Crippen LogP contribution in [-0.4, -0.2) is 36.3 Å². The van der Waals surface area contributed by atoms with Crippen LogP contribution in [0.4, 0.5) is 26.3 Å². The summed E-state index contributed by atoms with van der Waals surface area (Å²) in [5, 5.41) is 0. The Morgan fingerprint density at radius 3 is 1.92 bits per heavy atom. The number of aliphatic imine (C=N–C) groups is 1. The van der Waals surface area contributed by atoms with Gasteiger partial charge in [-0.3, -0.25) is 9.89 Å². The summed E-state index contributed by atoms with van der Waals surface area (Å²) >= 11 is 0. The summed E-state index contributed by atoms with van der Waals surface area (Å²) in [4.78, 5) is 2.31. The lowest BCUT2D eigenvalue weighted by Gasteiger charge is -2.19. The van der Waals surface area contributed by atoms with E-state index in [2.05, 4.69) is 4.99 Å². The third-order valence-electron chi connectivity index (χ3n) is 1.46. The Morgan fingerprint density at radius 1 is 1.15 bits per heavy atom. The molecule has 0 aromatic rings. The van der Waals surface area contributed by atoms with Crippen molar-refractivity contribution in [1.82, 2.24) is 4.90 Å². The molecule has 1 rings (SSSR count). The molecule has 1 aliphatic heterocycles. The molecule has 13 heavy (non-hydrogen) atoms. The summed E-state index contributed by atoms with van der Waals surface area (Å²) in [7, 11) is 0. The molecule has 0 aromatic heterocycles. The summed E-state index contributed by atoms with van der Waals surface area (Å²) in [5.74, 6) is 0. The Morgan fingerprint density at radius 2 is 1.69 bits per heavy atom. The van der Waals surface area contributed by atoms with Gasteiger partial charge in [-0.1, -0.05) is 0 Å². The van der Waals surface area contributed by atoms with Crippen LogP contribution in [-0.2, 0) is 0 Å². The van der Waals surface area contributed by atoms with Crippen LogP contribution in [0, 0.1) is 0 Å². The molecule has 0 saturated carbocycles. The molecule has 1 unspecified atom stereocenters. The second-order valence-electron chi connectivity index (χ2n) is 2.44. The van der Waals surface area contributed by atoms with E-state index in [0.29, 0.717) is 0 Å². The molecule has 1 aliphatic rings. The zero-order chi connectivity index (χ0) is 10.3. The van der Waals surface area contributed by atoms with Gasteiger partial charge in [0, 0.05) is 0 Å². The highest BCUT2D eigenvalue weighted by atomic mass is 19.4. The number of nitrogens with zero attached hydrogens (tertiary/aromatic N) is 2. The molecule has 1 atom stereocenters. The molecule has 0 saturated heterocycles. The second kappa shape index (κ2) is 2.78. The predicted octanol–water partition coefficient (Wildman–Crippen LogP) is 1.78. The molecule has 1 heterocycles. The first-order valence-corrected chi connectivity index (χ1v) is 3.15. The molecular weight excluding hydrogens is 202 g/mol. The van der Waals surface area contributed by atoms with Crippen molar-refractivity contribution in [3.05, 3.63) is 0 Å². The SMILES string of the molecule is FC(F)(F)C1CN(C(F)(F)F)C=N1. The molecular formula is C5H4F6N2. The normalized spacial score (nSPS) is 24.2. The fourth-order valence-electron chi connectivity index (χ4n) is 0.799. The van der Waals surface area contributed by atoms with Crippen molar-refractivity contribution >= 4 is 6.34 Å². The van der Waals surface area contributed by atoms with Crippen LogP contribution in [0.2, 0.25) is 0 Å². The van der Waals surface area contributed by atoms with Crippen molar-refractivity contribution in [2.24, 2.45) is 4.99 Å². The number of rotatable bonds is 0. The highest BCUT2D eigenvalue weighted by Crippen LogP contribution is 2.30. The molecule has 76 valence electrons. The monoisotopic (exact) mass is 206 g/mol. The molecule has 0 N–H and O–H groups in total. The van der Waals surface area contributed by atoms with E-state index in [4.69, 9.17) is 0 Å². The van der Waals surface area contributed by atoms with Crippen molar-refractivity contribution in [3.8, 4) is 0 Å². The van der Waals surface area contributed by atoms with Gasteiger partial charge in [0.05, 0.1) is 12.9 Å². The largest absolute Gasteiger partial charge is 0.485 e. The van der Waals surface area contributed by atoms with Crippen LogP contribution >= 0.6 is 0 Å². The molecule has 0 fully saturated rings. The Kier molecular flexibility index (Phi) is 2.16. The van der Waals surface area contributed by atoms with E-state index in [-0.39, 0.29) is 6.34 Å². The van der Waals surface area contributed by atoms with Crippen molar-refractivity contribution < 1.29 is 26.3 Å². The molecule has 0 aromatic carbocycles. The molecule has 0 aliphatic carbocycles. The summed E-state index contributed by atoms with van der Waals surface area (Å²) < 4.78 is 70.8. The maximum absolute atomic E-state index is 11.8. The number of hydrogen-bond donors (Lipinski definition) is 0. The number of halogens is 6. The average molecular weight is 206 g/mol. The molecule has 0 bridgehead atoms. The molecule has 0 amide bonds. The third kappa shape index (κ3) is 2.25. The first-order valence-electron chi connectivity index (χ1n) is 3.15. The van der Waals surface area contributed by atoms with Crippen molar-refractivity contribution in [2.45, 2.75) is 18.5 Å². The van der Waals surface area contributed by atoms with E-state index in [9.17, 15) is 26.3 Å². The van der Waals surface area contributed by atoms with Crippen LogP contribution in [0.5, 0.6) is 0 Å². The predicted molar refractivity (Wildman–Crippen MR) is 31.1 cm³/mol. The van der Waals surface area contributed by atoms with Crippen molar-refractivity contribution in [3.63, 3.8) is 0 Å². The highest BCUT2D eigenvalue weighted by molar-refractivity contribution is 5.58. The Hall–Kier alpha value is -0.950. The fourth-order valence-corrected chi connectivity index (χ4v) is 0.799. The lowest BCUT2D eigenvalue weighted by molar-refractivity contribution is -0.221. The lowest BCUT2D eigenvalue weighted by atomic mass is 10.3. The molecule has 0 radical (unpaired) electrons. The maximum atomic E-state index is 11.8. The second-order valence-corrected chi connectivity index (χ2v) is 2.44. The summed E-state index contributed by atoms with van der Waals surface area (Å²) in [5.41, 5.74) is 0. The summed E-state index contributed by atoms with van der Waals surface area (Å²) in [6.45, 7) is -1.19. The smallest absolute Gasteiger partial charge is 0.272 e. The minimum atomic E-state index is -4.79. The first kappa shape index (κ1) is 10.1. The minimum absolute atomic E-state index is 0.165. The van der Waals surface area contributed by atoms with Gasteiger partial charge in [0.2, 0.25) is 0 Å². The van der Waals surface area contributed by atoms with Gasteiger partial charge in [0.1, 0.15) is 0 Å². The van der Waals surface area contributed by atoms with Gasteiger partial charge < -0.3 is 0 Å². The first-order chi connectivity index (χ1) is 5.71. The molecule has 8 heteroatoms. The molecule has 0 spiro atoms. The van der Waals surface area contributed by atoms with E-state index < -0.39 is 30.0 Å². The zero-order valence-corrected chi connectivity index (χ0v) is 6.02. The minimum Gasteiger partial charge on any atom is -0.272 e. The van der Waals surface area contributed by atoms with Gasteiger partial charge >= 0.3 is 12.5 Å². The third-order valence-corrected chi connectivity index (χ3v) is 1.46.